The molecular formula is C23H16BrFN4O. The molecule has 0 fully saturated rings. The minimum Gasteiger partial charge on any atom is -0.272 e. The molecule has 0 saturated carbocycles. The quantitative estimate of drug-likeness (QED) is 0.331. The number of carbonyl (C=O) groups is 1. The summed E-state index contributed by atoms with van der Waals surface area (Å²) >= 11 is 3.28. The van der Waals surface area contributed by atoms with Crippen molar-refractivity contribution in [1.82, 2.24) is 15.6 Å². The van der Waals surface area contributed by atoms with E-state index in [-0.39, 0.29) is 11.3 Å². The largest absolute Gasteiger partial charge is 0.289 e. The summed E-state index contributed by atoms with van der Waals surface area (Å²) in [5, 5.41) is 13.4. The van der Waals surface area contributed by atoms with Gasteiger partial charge in [-0.25, -0.2) is 9.82 Å². The standard InChI is InChI=1S/C23H16BrFN4O/c24-16-7-9-19(25)15(10-16)12-26-29-23(30)21-11-20(27-28-21)17-8-6-14-5-4-13-2-1-3-18(17)22(13)14/h1-3,6-12H,4-5H2,(H,27,28)(H,29,30). The van der Waals surface area contributed by atoms with Gasteiger partial charge in [0.05, 0.1) is 11.9 Å². The highest BCUT2D eigenvalue weighted by Gasteiger charge is 2.18. The van der Waals surface area contributed by atoms with Gasteiger partial charge in [0, 0.05) is 15.6 Å². The Morgan fingerprint density at radius 1 is 1.13 bits per heavy atom. The van der Waals surface area contributed by atoms with E-state index in [9.17, 15) is 9.18 Å². The van der Waals surface area contributed by atoms with Crippen LogP contribution in [0.4, 0.5) is 4.39 Å². The lowest BCUT2D eigenvalue weighted by molar-refractivity contribution is 0.0950. The number of nitrogens with one attached hydrogen (secondary N) is 2. The molecule has 1 aliphatic carbocycles. The number of carbonyl (C=O) groups excluding carboxylic acids is 1. The normalized spacial score (nSPS) is 12.7. The third-order valence-corrected chi connectivity index (χ3v) is 5.80. The molecule has 0 saturated heterocycles. The second-order valence-electron chi connectivity index (χ2n) is 7.14. The molecule has 0 radical (unpaired) electrons. The van der Waals surface area contributed by atoms with E-state index in [2.05, 4.69) is 67.0 Å². The number of hydrogen-bond donors (Lipinski definition) is 2. The van der Waals surface area contributed by atoms with Gasteiger partial charge in [0.15, 0.2) is 0 Å². The first-order valence-corrected chi connectivity index (χ1v) is 10.3. The second kappa shape index (κ2) is 7.50. The van der Waals surface area contributed by atoms with Crippen molar-refractivity contribution < 1.29 is 9.18 Å². The van der Waals surface area contributed by atoms with E-state index in [0.717, 1.165) is 28.3 Å². The molecule has 5 nitrogen and oxygen atoms in total. The number of aromatic nitrogens is 2. The minimum atomic E-state index is -0.452. The highest BCUT2D eigenvalue weighted by atomic mass is 79.9. The molecular weight excluding hydrogens is 447 g/mol. The van der Waals surface area contributed by atoms with E-state index in [0.29, 0.717) is 5.69 Å². The highest BCUT2D eigenvalue weighted by molar-refractivity contribution is 9.10. The molecule has 4 aromatic rings. The van der Waals surface area contributed by atoms with Crippen molar-refractivity contribution in [3.8, 4) is 11.3 Å². The number of aromatic amines is 1. The minimum absolute atomic E-state index is 0.267. The predicted octanol–water partition coefficient (Wildman–Crippen LogP) is 4.99. The SMILES string of the molecule is O=C(NN=Cc1cc(Br)ccc1F)c1cc(-c2ccc3c4c(cccc24)CC3)n[nH]1. The van der Waals surface area contributed by atoms with Crippen molar-refractivity contribution >= 4 is 38.8 Å². The smallest absolute Gasteiger partial charge is 0.272 e. The summed E-state index contributed by atoms with van der Waals surface area (Å²) in [6.07, 6.45) is 3.38. The molecule has 0 atom stereocenters. The Hall–Kier alpha value is -3.32. The number of H-pyrrole nitrogens is 1. The van der Waals surface area contributed by atoms with E-state index >= 15 is 0 Å². The number of amides is 1. The van der Waals surface area contributed by atoms with Crippen LogP contribution in [-0.2, 0) is 12.8 Å². The second-order valence-corrected chi connectivity index (χ2v) is 8.06. The number of hydrazone groups is 1. The van der Waals surface area contributed by atoms with Gasteiger partial charge in [-0.3, -0.25) is 9.89 Å². The maximum atomic E-state index is 13.8. The summed E-state index contributed by atoms with van der Waals surface area (Å²) in [4.78, 5) is 12.4. The molecule has 2 N–H and O–H groups in total. The molecule has 0 unspecified atom stereocenters. The van der Waals surface area contributed by atoms with Crippen molar-refractivity contribution in [2.24, 2.45) is 5.10 Å². The Kier molecular flexibility index (Phi) is 4.67. The van der Waals surface area contributed by atoms with Gasteiger partial charge in [0.1, 0.15) is 11.5 Å². The Balaban J connectivity index is 1.39. The van der Waals surface area contributed by atoms with Gasteiger partial charge in [-0.1, -0.05) is 46.3 Å². The van der Waals surface area contributed by atoms with Crippen LogP contribution < -0.4 is 5.43 Å². The molecule has 1 heterocycles. The fraction of sp³-hybridized carbons (Fsp3) is 0.0870. The van der Waals surface area contributed by atoms with Crippen LogP contribution in [0.15, 0.2) is 64.2 Å². The van der Waals surface area contributed by atoms with Crippen LogP contribution in [0.1, 0.15) is 27.2 Å². The summed E-state index contributed by atoms with van der Waals surface area (Å²) < 4.78 is 14.5. The summed E-state index contributed by atoms with van der Waals surface area (Å²) in [5.41, 5.74) is 7.32. The molecule has 1 aliphatic rings. The molecule has 0 aliphatic heterocycles. The first-order valence-electron chi connectivity index (χ1n) is 9.48. The Morgan fingerprint density at radius 3 is 2.83 bits per heavy atom. The maximum absolute atomic E-state index is 13.8. The monoisotopic (exact) mass is 462 g/mol. The third kappa shape index (κ3) is 3.31. The lowest BCUT2D eigenvalue weighted by Gasteiger charge is -2.06. The zero-order valence-corrected chi connectivity index (χ0v) is 17.3. The Labute approximate surface area is 180 Å². The van der Waals surface area contributed by atoms with Crippen molar-refractivity contribution in [1.29, 1.82) is 0 Å². The van der Waals surface area contributed by atoms with E-state index in [1.54, 1.807) is 18.2 Å². The van der Waals surface area contributed by atoms with Gasteiger partial charge < -0.3 is 0 Å². The van der Waals surface area contributed by atoms with Crippen LogP contribution in [0.25, 0.3) is 22.0 Å². The molecule has 148 valence electrons. The topological polar surface area (TPSA) is 70.1 Å². The van der Waals surface area contributed by atoms with Crippen LogP contribution in [0.2, 0.25) is 0 Å². The van der Waals surface area contributed by atoms with Gasteiger partial charge in [0.25, 0.3) is 5.91 Å². The van der Waals surface area contributed by atoms with Gasteiger partial charge >= 0.3 is 0 Å². The molecule has 30 heavy (non-hydrogen) atoms. The summed E-state index contributed by atoms with van der Waals surface area (Å²) in [6.45, 7) is 0. The molecule has 5 rings (SSSR count). The van der Waals surface area contributed by atoms with Crippen LogP contribution in [0, 0.1) is 5.82 Å². The summed E-state index contributed by atoms with van der Waals surface area (Å²) in [6, 6.07) is 16.7. The lowest BCUT2D eigenvalue weighted by Crippen LogP contribution is -2.18. The Morgan fingerprint density at radius 2 is 1.97 bits per heavy atom. The molecule has 1 amide bonds. The van der Waals surface area contributed by atoms with E-state index in [1.807, 2.05) is 0 Å². The fourth-order valence-corrected chi connectivity index (χ4v) is 4.26. The van der Waals surface area contributed by atoms with Crippen molar-refractivity contribution in [2.45, 2.75) is 12.8 Å². The summed E-state index contributed by atoms with van der Waals surface area (Å²) in [7, 11) is 0. The molecule has 1 aromatic heterocycles. The van der Waals surface area contributed by atoms with E-state index in [4.69, 9.17) is 0 Å². The highest BCUT2D eigenvalue weighted by Crippen LogP contribution is 2.36. The lowest BCUT2D eigenvalue weighted by atomic mass is 9.98. The van der Waals surface area contributed by atoms with E-state index < -0.39 is 11.7 Å². The van der Waals surface area contributed by atoms with Gasteiger partial charge in [-0.05, 0) is 59.0 Å². The van der Waals surface area contributed by atoms with Crippen LogP contribution >= 0.6 is 15.9 Å². The maximum Gasteiger partial charge on any atom is 0.289 e. The Bertz CT molecular complexity index is 1320. The molecule has 0 bridgehead atoms. The van der Waals surface area contributed by atoms with Crippen molar-refractivity contribution in [3.05, 3.63) is 87.3 Å². The predicted molar refractivity (Wildman–Crippen MR) is 118 cm³/mol. The van der Waals surface area contributed by atoms with Gasteiger partial charge in [0.2, 0.25) is 0 Å². The van der Waals surface area contributed by atoms with Gasteiger partial charge in [-0.2, -0.15) is 10.2 Å². The number of benzene rings is 3. The number of nitrogens with zero attached hydrogens (tertiary/aromatic N) is 2. The van der Waals surface area contributed by atoms with E-state index in [1.165, 1.54) is 28.8 Å². The molecule has 0 spiro atoms. The van der Waals surface area contributed by atoms with Crippen LogP contribution in [-0.4, -0.2) is 22.3 Å². The number of hydrogen-bond acceptors (Lipinski definition) is 3. The first kappa shape index (κ1) is 18.7. The van der Waals surface area contributed by atoms with Crippen LogP contribution in [0.5, 0.6) is 0 Å². The molecule has 7 heteroatoms. The summed E-state index contributed by atoms with van der Waals surface area (Å²) in [5.74, 6) is -0.876. The molecule has 3 aromatic carbocycles. The zero-order valence-electron chi connectivity index (χ0n) is 15.7. The van der Waals surface area contributed by atoms with Gasteiger partial charge in [-0.15, -0.1) is 0 Å². The van der Waals surface area contributed by atoms with Crippen molar-refractivity contribution in [2.75, 3.05) is 0 Å². The number of aryl methyl sites for hydroxylation is 2. The third-order valence-electron chi connectivity index (χ3n) is 5.30. The fourth-order valence-electron chi connectivity index (χ4n) is 3.88. The zero-order chi connectivity index (χ0) is 20.7. The number of halogens is 2. The number of rotatable bonds is 4. The van der Waals surface area contributed by atoms with Crippen LogP contribution in [0.3, 0.4) is 0 Å². The van der Waals surface area contributed by atoms with Crippen molar-refractivity contribution in [3.63, 3.8) is 0 Å². The first-order chi connectivity index (χ1) is 14.6. The average molecular weight is 463 g/mol. The average Bonchev–Trinajstić information content (AvgIpc) is 3.40.